The second-order valence-corrected chi connectivity index (χ2v) is 3.45. The first-order chi connectivity index (χ1) is 7.05. The van der Waals surface area contributed by atoms with Crippen molar-refractivity contribution in [3.8, 4) is 5.75 Å². The van der Waals surface area contributed by atoms with E-state index in [-0.39, 0.29) is 17.0 Å². The highest BCUT2D eigenvalue weighted by atomic mass is 35.5. The number of alkyl halides is 1. The molecular formula is C8H6ClN3O3. The lowest BCUT2D eigenvalue weighted by atomic mass is 10.1. The van der Waals surface area contributed by atoms with Gasteiger partial charge >= 0.3 is 11.0 Å². The zero-order chi connectivity index (χ0) is 11.1. The van der Waals surface area contributed by atoms with Crippen molar-refractivity contribution < 1.29 is 14.7 Å². The summed E-state index contributed by atoms with van der Waals surface area (Å²) in [4.78, 5) is 15.9. The first-order valence-electron chi connectivity index (χ1n) is 3.96. The number of benzene rings is 1. The molecule has 1 aromatic carbocycles. The Kier molecular flexibility index (Phi) is 2.01. The van der Waals surface area contributed by atoms with Gasteiger partial charge in [-0.1, -0.05) is 22.8 Å². The van der Waals surface area contributed by atoms with Gasteiger partial charge in [0.05, 0.1) is 11.3 Å². The maximum Gasteiger partial charge on any atom is 0.334 e. The summed E-state index contributed by atoms with van der Waals surface area (Å²) in [7, 11) is 0. The minimum Gasteiger partial charge on any atom is -0.505 e. The molecule has 1 amide bonds. The summed E-state index contributed by atoms with van der Waals surface area (Å²) >= 11 is 5.85. The topological polar surface area (TPSA) is 97.3 Å². The molecule has 1 unspecified atom stereocenters. The Morgan fingerprint density at radius 2 is 2.27 bits per heavy atom. The molecule has 0 saturated heterocycles. The lowest BCUT2D eigenvalue weighted by molar-refractivity contribution is -0.127. The Morgan fingerprint density at radius 3 is 2.87 bits per heavy atom. The molecule has 0 aromatic heterocycles. The van der Waals surface area contributed by atoms with Crippen LogP contribution in [-0.4, -0.2) is 11.0 Å². The summed E-state index contributed by atoms with van der Waals surface area (Å²) in [6.07, 6.45) is 0. The molecule has 0 radical (unpaired) electrons. The largest absolute Gasteiger partial charge is 0.505 e. The average molecular weight is 228 g/mol. The van der Waals surface area contributed by atoms with Gasteiger partial charge in [-0.3, -0.25) is 4.79 Å². The van der Waals surface area contributed by atoms with Crippen molar-refractivity contribution >= 4 is 23.2 Å². The fourth-order valence-corrected chi connectivity index (χ4v) is 1.42. The number of nitrogens with zero attached hydrogens (tertiary/aromatic N) is 2. The maximum atomic E-state index is 11.3. The van der Waals surface area contributed by atoms with Crippen LogP contribution in [0.2, 0.25) is 0 Å². The van der Waals surface area contributed by atoms with E-state index in [1.54, 1.807) is 0 Å². The predicted molar refractivity (Wildman–Crippen MR) is 51.0 cm³/mol. The van der Waals surface area contributed by atoms with Gasteiger partial charge in [0, 0.05) is 5.28 Å². The summed E-state index contributed by atoms with van der Waals surface area (Å²) in [5.41, 5.74) is 5.58. The molecule has 2 rings (SSSR count). The van der Waals surface area contributed by atoms with E-state index in [9.17, 15) is 9.90 Å². The molecule has 1 aliphatic heterocycles. The molecule has 1 aromatic rings. The van der Waals surface area contributed by atoms with Crippen molar-refractivity contribution in [2.45, 2.75) is 5.06 Å². The van der Waals surface area contributed by atoms with E-state index in [0.29, 0.717) is 0 Å². The first kappa shape index (κ1) is 9.72. The number of hydrogen-bond acceptors (Lipinski definition) is 5. The first-order valence-corrected chi connectivity index (χ1v) is 4.34. The standard InChI is InChI=1S/C8H6ClN3O3/c9-8(7(14)11-12-15-8)4-2-1-3-5(10)6(4)13/h1-3,13H,10H2. The molecular weight excluding hydrogens is 222 g/mol. The average Bonchev–Trinajstić information content (AvgIpc) is 2.53. The molecule has 1 heterocycles. The maximum absolute atomic E-state index is 11.3. The quantitative estimate of drug-likeness (QED) is 0.429. The number of carbonyl (C=O) groups excluding carboxylic acids is 1. The van der Waals surface area contributed by atoms with Crippen molar-refractivity contribution in [2.75, 3.05) is 5.73 Å². The Balaban J connectivity index is 2.55. The van der Waals surface area contributed by atoms with Crippen molar-refractivity contribution in [1.29, 1.82) is 0 Å². The van der Waals surface area contributed by atoms with E-state index in [1.807, 2.05) is 0 Å². The van der Waals surface area contributed by atoms with Crippen molar-refractivity contribution in [3.05, 3.63) is 23.8 Å². The molecule has 0 saturated carbocycles. The molecule has 3 N–H and O–H groups in total. The smallest absolute Gasteiger partial charge is 0.334 e. The fraction of sp³-hybridized carbons (Fsp3) is 0.125. The van der Waals surface area contributed by atoms with E-state index in [1.165, 1.54) is 18.2 Å². The third-order valence-electron chi connectivity index (χ3n) is 1.99. The molecule has 1 aliphatic rings. The summed E-state index contributed by atoms with van der Waals surface area (Å²) in [6, 6.07) is 4.41. The third-order valence-corrected chi connectivity index (χ3v) is 2.42. The lowest BCUT2D eigenvalue weighted by Gasteiger charge is -2.17. The van der Waals surface area contributed by atoms with Gasteiger partial charge in [-0.15, -0.1) is 0 Å². The number of aromatic hydroxyl groups is 1. The molecule has 6 nitrogen and oxygen atoms in total. The highest BCUT2D eigenvalue weighted by molar-refractivity contribution is 6.34. The van der Waals surface area contributed by atoms with E-state index < -0.39 is 11.0 Å². The van der Waals surface area contributed by atoms with Crippen molar-refractivity contribution in [2.24, 2.45) is 10.4 Å². The lowest BCUT2D eigenvalue weighted by Crippen LogP contribution is -2.26. The van der Waals surface area contributed by atoms with Crippen LogP contribution in [0.25, 0.3) is 0 Å². The molecule has 0 bridgehead atoms. The summed E-state index contributed by atoms with van der Waals surface area (Å²) in [5, 5.41) is 13.9. The van der Waals surface area contributed by atoms with Crippen LogP contribution in [0.3, 0.4) is 0 Å². The van der Waals surface area contributed by atoms with Crippen molar-refractivity contribution in [3.63, 3.8) is 0 Å². The minimum atomic E-state index is -1.90. The van der Waals surface area contributed by atoms with Gasteiger partial charge in [0.15, 0.2) is 0 Å². The van der Waals surface area contributed by atoms with Gasteiger partial charge in [0.25, 0.3) is 0 Å². The Hall–Kier alpha value is -1.82. The minimum absolute atomic E-state index is 0.0270. The van der Waals surface area contributed by atoms with Crippen LogP contribution >= 0.6 is 11.6 Å². The normalized spacial score (nSPS) is 24.2. The fourth-order valence-electron chi connectivity index (χ4n) is 1.20. The number of hydrogen-bond donors (Lipinski definition) is 2. The van der Waals surface area contributed by atoms with E-state index in [4.69, 9.17) is 17.3 Å². The van der Waals surface area contributed by atoms with Crippen LogP contribution < -0.4 is 5.73 Å². The Morgan fingerprint density at radius 1 is 1.53 bits per heavy atom. The highest BCUT2D eigenvalue weighted by Crippen LogP contribution is 2.42. The van der Waals surface area contributed by atoms with Crippen molar-refractivity contribution in [1.82, 2.24) is 0 Å². The van der Waals surface area contributed by atoms with E-state index >= 15 is 0 Å². The van der Waals surface area contributed by atoms with Gasteiger partial charge in [-0.2, -0.15) is 0 Å². The number of phenols is 1. The van der Waals surface area contributed by atoms with Gasteiger partial charge in [-0.05, 0) is 12.1 Å². The van der Waals surface area contributed by atoms with E-state index in [0.717, 1.165) is 0 Å². The van der Waals surface area contributed by atoms with Crippen LogP contribution in [0.4, 0.5) is 5.69 Å². The van der Waals surface area contributed by atoms with E-state index in [2.05, 4.69) is 15.2 Å². The van der Waals surface area contributed by atoms with Crippen LogP contribution in [0.5, 0.6) is 5.75 Å². The van der Waals surface area contributed by atoms with Crippen LogP contribution in [0.15, 0.2) is 28.6 Å². The van der Waals surface area contributed by atoms with Gasteiger partial charge in [0.1, 0.15) is 5.75 Å². The third kappa shape index (κ3) is 1.30. The summed E-state index contributed by atoms with van der Waals surface area (Å²) < 4.78 is 0. The van der Waals surface area contributed by atoms with Gasteiger partial charge in [-0.25, -0.2) is 0 Å². The van der Waals surface area contributed by atoms with Gasteiger partial charge < -0.3 is 15.7 Å². The second kappa shape index (κ2) is 3.09. The molecule has 0 aliphatic carbocycles. The molecule has 78 valence electrons. The van der Waals surface area contributed by atoms with Crippen LogP contribution in [0, 0.1) is 0 Å². The molecule has 0 fully saturated rings. The number of rotatable bonds is 1. The number of nitrogen functional groups attached to an aromatic ring is 1. The number of phenolic OH excluding ortho intramolecular Hbond substituents is 1. The molecule has 15 heavy (non-hydrogen) atoms. The second-order valence-electron chi connectivity index (χ2n) is 2.92. The number of carbonyl (C=O) groups is 1. The Labute approximate surface area is 89.3 Å². The zero-order valence-electron chi connectivity index (χ0n) is 7.35. The number of nitrogens with two attached hydrogens (primary N) is 1. The number of halogens is 1. The SMILES string of the molecule is Nc1cccc(C2(Cl)ON=NC2=O)c1O. The summed E-state index contributed by atoms with van der Waals surface area (Å²) in [5.74, 6) is -1.11. The van der Waals surface area contributed by atoms with Crippen LogP contribution in [-0.2, 0) is 14.7 Å². The molecule has 0 spiro atoms. The van der Waals surface area contributed by atoms with Gasteiger partial charge in [0.2, 0.25) is 0 Å². The summed E-state index contributed by atoms with van der Waals surface area (Å²) in [6.45, 7) is 0. The molecule has 1 atom stereocenters. The molecule has 7 heteroatoms. The predicted octanol–water partition coefficient (Wildman–Crippen LogP) is 1.29. The Bertz CT molecular complexity index is 462. The number of anilines is 1. The monoisotopic (exact) mass is 227 g/mol. The number of amides is 1. The zero-order valence-corrected chi connectivity index (χ0v) is 8.10. The number of para-hydroxylation sites is 1. The highest BCUT2D eigenvalue weighted by Gasteiger charge is 2.48. The van der Waals surface area contributed by atoms with Crippen LogP contribution in [0.1, 0.15) is 5.56 Å².